The zero-order valence-corrected chi connectivity index (χ0v) is 11.9. The number of unbranched alkanes of at least 4 members (excludes halogenated alkanes) is 2. The third kappa shape index (κ3) is 3.49. The summed E-state index contributed by atoms with van der Waals surface area (Å²) in [6, 6.07) is 10.5. The molecule has 18 heavy (non-hydrogen) atoms. The Bertz CT molecular complexity index is 338. The normalized spacial score (nSPS) is 28.2. The molecule has 1 aliphatic heterocycles. The fourth-order valence-corrected chi connectivity index (χ4v) is 3.13. The fraction of sp³-hybridized carbons (Fsp3) is 0.625. The van der Waals surface area contributed by atoms with Gasteiger partial charge in [0.2, 0.25) is 0 Å². The molecule has 0 unspecified atom stereocenters. The van der Waals surface area contributed by atoms with Crippen LogP contribution in [0, 0.1) is 5.92 Å². The molecule has 100 valence electrons. The van der Waals surface area contributed by atoms with Gasteiger partial charge in [0, 0.05) is 17.9 Å². The Hall–Kier alpha value is -0.530. The molecule has 2 heteroatoms. The van der Waals surface area contributed by atoms with E-state index in [1.807, 2.05) is 0 Å². The minimum absolute atomic E-state index is 0.194. The van der Waals surface area contributed by atoms with Crippen molar-refractivity contribution < 1.29 is 4.74 Å². The largest absolute Gasteiger partial charge is 0.373 e. The Morgan fingerprint density at radius 3 is 2.72 bits per heavy atom. The summed E-state index contributed by atoms with van der Waals surface area (Å²) in [5, 5.41) is 0.265. The minimum atomic E-state index is 0.194. The van der Waals surface area contributed by atoms with Crippen LogP contribution in [0.5, 0.6) is 0 Å². The van der Waals surface area contributed by atoms with Crippen molar-refractivity contribution in [2.24, 2.45) is 5.92 Å². The molecular weight excluding hydrogens is 244 g/mol. The molecule has 1 aromatic carbocycles. The summed E-state index contributed by atoms with van der Waals surface area (Å²) in [5.74, 6) is 0.467. The molecule has 1 fully saturated rings. The lowest BCUT2D eigenvalue weighted by Crippen LogP contribution is -2.31. The van der Waals surface area contributed by atoms with Gasteiger partial charge in [0.05, 0.1) is 6.10 Å². The van der Waals surface area contributed by atoms with E-state index in [4.69, 9.17) is 16.3 Å². The average molecular weight is 267 g/mol. The molecule has 0 radical (unpaired) electrons. The summed E-state index contributed by atoms with van der Waals surface area (Å²) in [4.78, 5) is 0. The lowest BCUT2D eigenvalue weighted by Gasteiger charge is -2.35. The number of alkyl halides is 1. The third-order valence-corrected chi connectivity index (χ3v) is 4.36. The predicted molar refractivity (Wildman–Crippen MR) is 77.0 cm³/mol. The highest BCUT2D eigenvalue weighted by Gasteiger charge is 2.33. The summed E-state index contributed by atoms with van der Waals surface area (Å²) in [6.07, 6.45) is 6.18. The van der Waals surface area contributed by atoms with Gasteiger partial charge in [0.1, 0.15) is 0 Å². The van der Waals surface area contributed by atoms with Crippen LogP contribution in [-0.2, 0) is 4.74 Å². The van der Waals surface area contributed by atoms with E-state index in [0.29, 0.717) is 5.92 Å². The lowest BCUT2D eigenvalue weighted by atomic mass is 9.85. The second kappa shape index (κ2) is 7.16. The highest BCUT2D eigenvalue weighted by atomic mass is 35.5. The average Bonchev–Trinajstić information content (AvgIpc) is 2.42. The van der Waals surface area contributed by atoms with Gasteiger partial charge >= 0.3 is 0 Å². The van der Waals surface area contributed by atoms with Gasteiger partial charge < -0.3 is 4.74 Å². The molecule has 2 rings (SSSR count). The molecular formula is C16H23ClO. The topological polar surface area (TPSA) is 9.23 Å². The maximum Gasteiger partial charge on any atom is 0.0867 e. The molecule has 1 aromatic rings. The smallest absolute Gasteiger partial charge is 0.0867 e. The molecule has 0 aromatic heterocycles. The summed E-state index contributed by atoms with van der Waals surface area (Å²) < 4.78 is 5.99. The summed E-state index contributed by atoms with van der Waals surface area (Å²) in [7, 11) is 0. The molecule has 0 saturated carbocycles. The van der Waals surface area contributed by atoms with Crippen molar-refractivity contribution in [1.29, 1.82) is 0 Å². The summed E-state index contributed by atoms with van der Waals surface area (Å²) in [5.41, 5.74) is 1.28. The van der Waals surface area contributed by atoms with Crippen molar-refractivity contribution in [3.8, 4) is 0 Å². The Balaban J connectivity index is 2.05. The minimum Gasteiger partial charge on any atom is -0.373 e. The Labute approximate surface area is 115 Å². The van der Waals surface area contributed by atoms with Gasteiger partial charge in [-0.05, 0) is 18.4 Å². The van der Waals surface area contributed by atoms with Crippen LogP contribution < -0.4 is 0 Å². The van der Waals surface area contributed by atoms with Crippen LogP contribution >= 0.6 is 11.6 Å². The molecule has 0 N–H and O–H groups in total. The zero-order valence-electron chi connectivity index (χ0n) is 11.1. The van der Waals surface area contributed by atoms with Crippen molar-refractivity contribution in [3.05, 3.63) is 35.9 Å². The number of hydrogen-bond donors (Lipinski definition) is 0. The van der Waals surface area contributed by atoms with Gasteiger partial charge in [-0.25, -0.2) is 0 Å². The predicted octanol–water partition coefficient (Wildman–Crippen LogP) is 4.95. The number of hydrogen-bond acceptors (Lipinski definition) is 1. The molecule has 0 bridgehead atoms. The van der Waals surface area contributed by atoms with Crippen LogP contribution in [0.15, 0.2) is 30.3 Å². The maximum absolute atomic E-state index is 6.53. The molecule has 0 aliphatic carbocycles. The molecule has 0 spiro atoms. The first-order valence-electron chi connectivity index (χ1n) is 7.13. The van der Waals surface area contributed by atoms with Crippen molar-refractivity contribution in [2.75, 3.05) is 6.61 Å². The Morgan fingerprint density at radius 1 is 1.22 bits per heavy atom. The first-order chi connectivity index (χ1) is 8.83. The molecule has 1 nitrogen and oxygen atoms in total. The second-order valence-corrected chi connectivity index (χ2v) is 5.73. The number of ether oxygens (including phenoxy) is 1. The Morgan fingerprint density at radius 2 is 2.00 bits per heavy atom. The zero-order chi connectivity index (χ0) is 12.8. The van der Waals surface area contributed by atoms with E-state index in [2.05, 4.69) is 37.3 Å². The highest BCUT2D eigenvalue weighted by Crippen LogP contribution is 2.39. The number of halogens is 1. The summed E-state index contributed by atoms with van der Waals surface area (Å²) >= 11 is 6.53. The van der Waals surface area contributed by atoms with E-state index in [1.165, 1.54) is 31.2 Å². The molecule has 3 atom stereocenters. The van der Waals surface area contributed by atoms with E-state index >= 15 is 0 Å². The van der Waals surface area contributed by atoms with Crippen molar-refractivity contribution in [1.82, 2.24) is 0 Å². The lowest BCUT2D eigenvalue weighted by molar-refractivity contribution is -0.0291. The van der Waals surface area contributed by atoms with Gasteiger partial charge in [0.25, 0.3) is 0 Å². The van der Waals surface area contributed by atoms with E-state index in [9.17, 15) is 0 Å². The molecule has 1 aliphatic rings. The maximum atomic E-state index is 6.53. The second-order valence-electron chi connectivity index (χ2n) is 5.17. The monoisotopic (exact) mass is 266 g/mol. The summed E-state index contributed by atoms with van der Waals surface area (Å²) in [6.45, 7) is 3.03. The van der Waals surface area contributed by atoms with Crippen molar-refractivity contribution in [2.45, 2.75) is 50.5 Å². The van der Waals surface area contributed by atoms with Gasteiger partial charge in [-0.2, -0.15) is 0 Å². The van der Waals surface area contributed by atoms with E-state index in [1.54, 1.807) is 0 Å². The van der Waals surface area contributed by atoms with Crippen molar-refractivity contribution >= 4 is 11.6 Å². The van der Waals surface area contributed by atoms with Crippen LogP contribution in [0.3, 0.4) is 0 Å². The van der Waals surface area contributed by atoms with Crippen LogP contribution in [-0.4, -0.2) is 12.0 Å². The van der Waals surface area contributed by atoms with E-state index in [-0.39, 0.29) is 11.5 Å². The van der Waals surface area contributed by atoms with Crippen LogP contribution in [0.4, 0.5) is 0 Å². The van der Waals surface area contributed by atoms with E-state index < -0.39 is 0 Å². The van der Waals surface area contributed by atoms with Crippen molar-refractivity contribution in [3.63, 3.8) is 0 Å². The molecule has 1 heterocycles. The first kappa shape index (κ1) is 13.9. The number of rotatable bonds is 5. The first-order valence-corrected chi connectivity index (χ1v) is 7.57. The quantitative estimate of drug-likeness (QED) is 0.541. The SMILES string of the molecule is CCCCC[C@@H]1[C@H](Cl)CCO[C@@H]1c1ccccc1. The van der Waals surface area contributed by atoms with Crippen LogP contribution in [0.25, 0.3) is 0 Å². The fourth-order valence-electron chi connectivity index (χ4n) is 2.78. The Kier molecular flexibility index (Phi) is 5.52. The van der Waals surface area contributed by atoms with Gasteiger partial charge in [-0.1, -0.05) is 56.5 Å². The van der Waals surface area contributed by atoms with E-state index in [0.717, 1.165) is 13.0 Å². The standard InChI is InChI=1S/C16H23ClO/c1-2-3-5-10-14-15(17)11-12-18-16(14)13-8-6-4-7-9-13/h4,6-9,14-16H,2-3,5,10-12H2,1H3/t14-,15-,16-/m1/s1. The van der Waals surface area contributed by atoms with Gasteiger partial charge in [-0.15, -0.1) is 11.6 Å². The van der Waals surface area contributed by atoms with Gasteiger partial charge in [0.15, 0.2) is 0 Å². The molecule has 0 amide bonds. The third-order valence-electron chi connectivity index (χ3n) is 3.81. The van der Waals surface area contributed by atoms with Crippen LogP contribution in [0.2, 0.25) is 0 Å². The van der Waals surface area contributed by atoms with Gasteiger partial charge in [-0.3, -0.25) is 0 Å². The van der Waals surface area contributed by atoms with Crippen LogP contribution in [0.1, 0.15) is 50.7 Å². The highest BCUT2D eigenvalue weighted by molar-refractivity contribution is 6.20. The number of benzene rings is 1. The molecule has 1 saturated heterocycles.